The number of benzene rings is 1. The Bertz CT molecular complexity index is 512. The lowest BCUT2D eigenvalue weighted by molar-refractivity contribution is -0.141. The minimum atomic E-state index is -0.933. The second kappa shape index (κ2) is 6.61. The van der Waals surface area contributed by atoms with Crippen molar-refractivity contribution >= 4 is 11.9 Å². The quantitative estimate of drug-likeness (QED) is 0.905. The molecule has 1 amide bonds. The summed E-state index contributed by atoms with van der Waals surface area (Å²) in [6.45, 7) is 4.53. The highest BCUT2D eigenvalue weighted by Gasteiger charge is 2.34. The van der Waals surface area contributed by atoms with Crippen LogP contribution in [0.1, 0.15) is 43.5 Å². The summed E-state index contributed by atoms with van der Waals surface area (Å²) in [5.74, 6) is -0.440. The first kappa shape index (κ1) is 15.4. The third kappa shape index (κ3) is 3.54. The number of ether oxygens (including phenoxy) is 1. The number of hydrogen-bond acceptors (Lipinski definition) is 3. The van der Waals surface area contributed by atoms with Gasteiger partial charge in [0.2, 0.25) is 0 Å². The minimum absolute atomic E-state index is 0.126. The fraction of sp³-hybridized carbons (Fsp3) is 0.500. The zero-order valence-corrected chi connectivity index (χ0v) is 12.4. The SMILES string of the molecule is CCC(C)Oc1ccc(C(=O)N2CCC[C@@H]2C(=O)O)cc1. The van der Waals surface area contributed by atoms with Gasteiger partial charge in [-0.25, -0.2) is 4.79 Å². The predicted octanol–water partition coefficient (Wildman–Crippen LogP) is 2.55. The van der Waals surface area contributed by atoms with Crippen LogP contribution in [0.15, 0.2) is 24.3 Å². The molecule has 1 unspecified atom stereocenters. The molecule has 1 N–H and O–H groups in total. The molecule has 2 rings (SSSR count). The third-order valence-electron chi connectivity index (χ3n) is 3.81. The van der Waals surface area contributed by atoms with E-state index in [1.165, 1.54) is 4.90 Å². The second-order valence-electron chi connectivity index (χ2n) is 5.36. The van der Waals surface area contributed by atoms with Gasteiger partial charge in [0.15, 0.2) is 0 Å². The number of rotatable bonds is 5. The number of aliphatic carboxylic acids is 1. The Morgan fingerprint density at radius 3 is 2.62 bits per heavy atom. The molecule has 21 heavy (non-hydrogen) atoms. The maximum Gasteiger partial charge on any atom is 0.326 e. The number of likely N-dealkylation sites (tertiary alicyclic amines) is 1. The average molecular weight is 291 g/mol. The van der Waals surface area contributed by atoms with Gasteiger partial charge in [0.25, 0.3) is 5.91 Å². The Kier molecular flexibility index (Phi) is 4.83. The number of amides is 1. The first-order valence-electron chi connectivity index (χ1n) is 7.33. The van der Waals surface area contributed by atoms with Gasteiger partial charge in [0, 0.05) is 12.1 Å². The zero-order valence-electron chi connectivity index (χ0n) is 12.4. The van der Waals surface area contributed by atoms with E-state index in [1.54, 1.807) is 24.3 Å². The summed E-state index contributed by atoms with van der Waals surface area (Å²) in [4.78, 5) is 25.0. The molecule has 114 valence electrons. The molecule has 0 saturated carbocycles. The van der Waals surface area contributed by atoms with Gasteiger partial charge in [0.1, 0.15) is 11.8 Å². The van der Waals surface area contributed by atoms with Crippen molar-refractivity contribution in [3.8, 4) is 5.75 Å². The molecule has 0 aliphatic carbocycles. The van der Waals surface area contributed by atoms with Gasteiger partial charge < -0.3 is 14.7 Å². The fourth-order valence-corrected chi connectivity index (χ4v) is 2.42. The summed E-state index contributed by atoms with van der Waals surface area (Å²) in [5.41, 5.74) is 0.500. The first-order valence-corrected chi connectivity index (χ1v) is 7.33. The van der Waals surface area contributed by atoms with Gasteiger partial charge >= 0.3 is 5.97 Å². The molecular weight excluding hydrogens is 270 g/mol. The van der Waals surface area contributed by atoms with Crippen molar-refractivity contribution < 1.29 is 19.4 Å². The van der Waals surface area contributed by atoms with Crippen LogP contribution in [-0.2, 0) is 4.79 Å². The highest BCUT2D eigenvalue weighted by atomic mass is 16.5. The van der Waals surface area contributed by atoms with E-state index in [4.69, 9.17) is 9.84 Å². The van der Waals surface area contributed by atoms with E-state index >= 15 is 0 Å². The fourth-order valence-electron chi connectivity index (χ4n) is 2.42. The van der Waals surface area contributed by atoms with Gasteiger partial charge in [-0.15, -0.1) is 0 Å². The summed E-state index contributed by atoms with van der Waals surface area (Å²) < 4.78 is 5.66. The molecule has 5 heteroatoms. The minimum Gasteiger partial charge on any atom is -0.491 e. The summed E-state index contributed by atoms with van der Waals surface area (Å²) in [6.07, 6.45) is 2.30. The first-order chi connectivity index (χ1) is 10.0. The van der Waals surface area contributed by atoms with Crippen LogP contribution < -0.4 is 4.74 Å². The number of carboxylic acids is 1. The van der Waals surface area contributed by atoms with E-state index in [0.29, 0.717) is 18.5 Å². The highest BCUT2D eigenvalue weighted by molar-refractivity contribution is 5.97. The summed E-state index contributed by atoms with van der Waals surface area (Å²) >= 11 is 0. The molecule has 1 aliphatic heterocycles. The van der Waals surface area contributed by atoms with Crippen LogP contribution in [0.4, 0.5) is 0 Å². The molecule has 1 aromatic rings. The van der Waals surface area contributed by atoms with E-state index in [-0.39, 0.29) is 12.0 Å². The maximum absolute atomic E-state index is 12.4. The molecule has 0 bridgehead atoms. The van der Waals surface area contributed by atoms with Crippen molar-refractivity contribution in [3.05, 3.63) is 29.8 Å². The highest BCUT2D eigenvalue weighted by Crippen LogP contribution is 2.22. The van der Waals surface area contributed by atoms with Crippen LogP contribution in [0, 0.1) is 0 Å². The molecule has 1 aromatic carbocycles. The van der Waals surface area contributed by atoms with Crippen molar-refractivity contribution in [2.24, 2.45) is 0 Å². The van der Waals surface area contributed by atoms with Crippen LogP contribution in [0.25, 0.3) is 0 Å². The van der Waals surface area contributed by atoms with Crippen LogP contribution in [0.5, 0.6) is 5.75 Å². The lowest BCUT2D eigenvalue weighted by atomic mass is 10.1. The standard InChI is InChI=1S/C16H21NO4/c1-3-11(2)21-13-8-6-12(7-9-13)15(18)17-10-4-5-14(17)16(19)20/h6-9,11,14H,3-5,10H2,1-2H3,(H,19,20)/t11?,14-/m1/s1. The van der Waals surface area contributed by atoms with Crippen LogP contribution in [0.2, 0.25) is 0 Å². The topological polar surface area (TPSA) is 66.8 Å². The number of carbonyl (C=O) groups excluding carboxylic acids is 1. The van der Waals surface area contributed by atoms with Gasteiger partial charge in [-0.2, -0.15) is 0 Å². The van der Waals surface area contributed by atoms with Crippen molar-refractivity contribution in [1.82, 2.24) is 4.90 Å². The molecule has 1 heterocycles. The molecule has 1 aliphatic rings. The summed E-state index contributed by atoms with van der Waals surface area (Å²) in [5, 5.41) is 9.14. The van der Waals surface area contributed by atoms with Crippen LogP contribution in [-0.4, -0.2) is 40.6 Å². The second-order valence-corrected chi connectivity index (χ2v) is 5.36. The number of carbonyl (C=O) groups is 2. The lowest BCUT2D eigenvalue weighted by Crippen LogP contribution is -2.40. The van der Waals surface area contributed by atoms with Gasteiger partial charge in [0.05, 0.1) is 6.10 Å². The summed E-state index contributed by atoms with van der Waals surface area (Å²) in [7, 11) is 0. The normalized spacial score (nSPS) is 19.3. The maximum atomic E-state index is 12.4. The van der Waals surface area contributed by atoms with Gasteiger partial charge in [-0.05, 0) is 50.5 Å². The molecule has 2 atom stereocenters. The number of hydrogen-bond donors (Lipinski definition) is 1. The van der Waals surface area contributed by atoms with E-state index in [0.717, 1.165) is 18.6 Å². The van der Waals surface area contributed by atoms with E-state index < -0.39 is 12.0 Å². The smallest absolute Gasteiger partial charge is 0.326 e. The van der Waals surface area contributed by atoms with Gasteiger partial charge in [-0.3, -0.25) is 4.79 Å². The van der Waals surface area contributed by atoms with Crippen molar-refractivity contribution in [2.75, 3.05) is 6.54 Å². The van der Waals surface area contributed by atoms with E-state index in [2.05, 4.69) is 0 Å². The van der Waals surface area contributed by atoms with E-state index in [1.807, 2.05) is 13.8 Å². The third-order valence-corrected chi connectivity index (χ3v) is 3.81. The Morgan fingerprint density at radius 2 is 2.05 bits per heavy atom. The van der Waals surface area contributed by atoms with Crippen molar-refractivity contribution in [1.29, 1.82) is 0 Å². The Morgan fingerprint density at radius 1 is 1.38 bits per heavy atom. The predicted molar refractivity (Wildman–Crippen MR) is 78.5 cm³/mol. The monoisotopic (exact) mass is 291 g/mol. The molecule has 1 saturated heterocycles. The average Bonchev–Trinajstić information content (AvgIpc) is 2.96. The zero-order chi connectivity index (χ0) is 15.4. The number of nitrogens with zero attached hydrogens (tertiary/aromatic N) is 1. The molecule has 1 fully saturated rings. The number of carboxylic acid groups (broad SMARTS) is 1. The Balaban J connectivity index is 2.07. The molecule has 5 nitrogen and oxygen atoms in total. The van der Waals surface area contributed by atoms with Gasteiger partial charge in [-0.1, -0.05) is 6.92 Å². The van der Waals surface area contributed by atoms with Crippen LogP contribution in [0.3, 0.4) is 0 Å². The largest absolute Gasteiger partial charge is 0.491 e. The summed E-state index contributed by atoms with van der Waals surface area (Å²) in [6, 6.07) is 6.19. The van der Waals surface area contributed by atoms with E-state index in [9.17, 15) is 9.59 Å². The molecular formula is C16H21NO4. The molecule has 0 spiro atoms. The Hall–Kier alpha value is -2.04. The molecule has 0 radical (unpaired) electrons. The van der Waals surface area contributed by atoms with Crippen molar-refractivity contribution in [2.45, 2.75) is 45.3 Å². The Labute approximate surface area is 124 Å². The van der Waals surface area contributed by atoms with Crippen LogP contribution >= 0.6 is 0 Å². The van der Waals surface area contributed by atoms with Crippen molar-refractivity contribution in [3.63, 3.8) is 0 Å². The molecule has 0 aromatic heterocycles. The lowest BCUT2D eigenvalue weighted by Gasteiger charge is -2.21.